The summed E-state index contributed by atoms with van der Waals surface area (Å²) in [7, 11) is 5.57. The van der Waals surface area contributed by atoms with Gasteiger partial charge in [0.1, 0.15) is 7.85 Å². The number of nitrogens with zero attached hydrogens (tertiary/aromatic N) is 1. The number of fused-ring (bicyclic) bond motifs is 1. The first kappa shape index (κ1) is 7.16. The lowest BCUT2D eigenvalue weighted by atomic mass is 9.97. The highest BCUT2D eigenvalue weighted by atomic mass is 14.7. The van der Waals surface area contributed by atoms with Crippen molar-refractivity contribution in [1.29, 1.82) is 0 Å². The minimum absolute atomic E-state index is 0.673. The minimum Gasteiger partial charge on any atom is -0.399 e. The van der Waals surface area contributed by atoms with E-state index in [0.717, 1.165) is 16.6 Å². The van der Waals surface area contributed by atoms with Crippen LogP contribution in [0.25, 0.3) is 10.9 Å². The lowest BCUT2D eigenvalue weighted by Crippen LogP contribution is -2.02. The molecular formula is C9H7BN2. The van der Waals surface area contributed by atoms with Crippen LogP contribution >= 0.6 is 0 Å². The number of hydrogen-bond acceptors (Lipinski definition) is 2. The normalized spacial score (nSPS) is 10.3. The second-order valence-corrected chi connectivity index (χ2v) is 2.72. The standard InChI is InChI=1S/C9H7BN2/c10-7-3-6-1-2-8(11)4-9(6)12-5-7/h1-5H,11H2. The Morgan fingerprint density at radius 1 is 1.25 bits per heavy atom. The Labute approximate surface area is 71.8 Å². The molecule has 1 aromatic carbocycles. The zero-order valence-corrected chi connectivity index (χ0v) is 6.49. The van der Waals surface area contributed by atoms with Gasteiger partial charge in [0.2, 0.25) is 0 Å². The topological polar surface area (TPSA) is 38.9 Å². The Bertz CT molecular complexity index is 385. The molecule has 0 fully saturated rings. The van der Waals surface area contributed by atoms with Gasteiger partial charge in [0.15, 0.2) is 0 Å². The molecule has 3 heteroatoms. The van der Waals surface area contributed by atoms with E-state index in [1.165, 1.54) is 0 Å². The zero-order chi connectivity index (χ0) is 8.55. The molecule has 0 aliphatic rings. The summed E-state index contributed by atoms with van der Waals surface area (Å²) in [5.41, 5.74) is 7.86. The van der Waals surface area contributed by atoms with Crippen molar-refractivity contribution in [3.63, 3.8) is 0 Å². The summed E-state index contributed by atoms with van der Waals surface area (Å²) < 4.78 is 0. The first-order valence-corrected chi connectivity index (χ1v) is 3.66. The van der Waals surface area contributed by atoms with Gasteiger partial charge in [-0.3, -0.25) is 4.98 Å². The van der Waals surface area contributed by atoms with E-state index in [1.54, 1.807) is 6.20 Å². The Hall–Kier alpha value is -1.51. The van der Waals surface area contributed by atoms with Gasteiger partial charge in [-0.1, -0.05) is 17.6 Å². The van der Waals surface area contributed by atoms with E-state index in [9.17, 15) is 0 Å². The highest BCUT2D eigenvalue weighted by Gasteiger charge is 1.94. The van der Waals surface area contributed by atoms with E-state index >= 15 is 0 Å². The second-order valence-electron chi connectivity index (χ2n) is 2.72. The zero-order valence-electron chi connectivity index (χ0n) is 6.49. The van der Waals surface area contributed by atoms with Crippen molar-refractivity contribution in [2.45, 2.75) is 0 Å². The number of hydrogen-bond donors (Lipinski definition) is 1. The van der Waals surface area contributed by atoms with Gasteiger partial charge in [-0.05, 0) is 17.5 Å². The van der Waals surface area contributed by atoms with E-state index in [0.29, 0.717) is 5.46 Å². The number of pyridine rings is 1. The van der Waals surface area contributed by atoms with E-state index in [4.69, 9.17) is 13.6 Å². The van der Waals surface area contributed by atoms with Crippen LogP contribution in [0.4, 0.5) is 5.69 Å². The quantitative estimate of drug-likeness (QED) is 0.446. The lowest BCUT2D eigenvalue weighted by molar-refractivity contribution is 1.44. The molecule has 0 unspecified atom stereocenters. The van der Waals surface area contributed by atoms with Crippen molar-refractivity contribution in [2.75, 3.05) is 5.73 Å². The SMILES string of the molecule is [B]c1cnc2cc(N)ccc2c1. The van der Waals surface area contributed by atoms with E-state index in [1.807, 2.05) is 24.3 Å². The summed E-state index contributed by atoms with van der Waals surface area (Å²) in [6, 6.07) is 7.45. The molecule has 12 heavy (non-hydrogen) atoms. The molecule has 1 heterocycles. The molecular weight excluding hydrogens is 147 g/mol. The molecule has 2 rings (SSSR count). The fraction of sp³-hybridized carbons (Fsp3) is 0. The van der Waals surface area contributed by atoms with Crippen LogP contribution in [0.3, 0.4) is 0 Å². The fourth-order valence-corrected chi connectivity index (χ4v) is 1.16. The fourth-order valence-electron chi connectivity index (χ4n) is 1.16. The predicted molar refractivity (Wildman–Crippen MR) is 51.5 cm³/mol. The summed E-state index contributed by atoms with van der Waals surface area (Å²) in [5.74, 6) is 0. The van der Waals surface area contributed by atoms with Crippen molar-refractivity contribution in [3.8, 4) is 0 Å². The van der Waals surface area contributed by atoms with Crippen LogP contribution in [0.1, 0.15) is 0 Å². The molecule has 2 N–H and O–H groups in total. The van der Waals surface area contributed by atoms with Crippen molar-refractivity contribution >= 4 is 29.9 Å². The van der Waals surface area contributed by atoms with Crippen LogP contribution in [-0.4, -0.2) is 12.8 Å². The number of nitrogen functional groups attached to an aromatic ring is 1. The first-order chi connectivity index (χ1) is 5.75. The first-order valence-electron chi connectivity index (χ1n) is 3.66. The molecule has 0 aliphatic carbocycles. The maximum Gasteiger partial charge on any atom is 0.115 e. The molecule has 56 valence electrons. The molecule has 2 aromatic rings. The Morgan fingerprint density at radius 2 is 2.08 bits per heavy atom. The molecule has 1 aromatic heterocycles. The van der Waals surface area contributed by atoms with Gasteiger partial charge in [0.25, 0.3) is 0 Å². The van der Waals surface area contributed by atoms with E-state index < -0.39 is 0 Å². The third kappa shape index (κ3) is 1.14. The summed E-state index contributed by atoms with van der Waals surface area (Å²) in [5, 5.41) is 1.02. The van der Waals surface area contributed by atoms with Crippen LogP contribution in [-0.2, 0) is 0 Å². The molecule has 0 atom stereocenters. The summed E-state index contributed by atoms with van der Waals surface area (Å²) >= 11 is 0. The highest BCUT2D eigenvalue weighted by molar-refractivity contribution is 6.32. The maximum atomic E-state index is 5.59. The lowest BCUT2D eigenvalue weighted by Gasteiger charge is -1.99. The number of nitrogens with two attached hydrogens (primary N) is 1. The molecule has 0 aliphatic heterocycles. The highest BCUT2D eigenvalue weighted by Crippen LogP contribution is 2.12. The molecule has 2 radical (unpaired) electrons. The van der Waals surface area contributed by atoms with E-state index in [2.05, 4.69) is 4.98 Å². The van der Waals surface area contributed by atoms with Gasteiger partial charge in [0, 0.05) is 11.9 Å². The number of anilines is 1. The average Bonchev–Trinajstić information content (AvgIpc) is 2.05. The molecule has 0 amide bonds. The monoisotopic (exact) mass is 154 g/mol. The van der Waals surface area contributed by atoms with Crippen LogP contribution < -0.4 is 11.2 Å². The van der Waals surface area contributed by atoms with Crippen molar-refractivity contribution in [2.24, 2.45) is 0 Å². The summed E-state index contributed by atoms with van der Waals surface area (Å²) in [6.45, 7) is 0. The molecule has 0 saturated carbocycles. The van der Waals surface area contributed by atoms with E-state index in [-0.39, 0.29) is 0 Å². The predicted octanol–water partition coefficient (Wildman–Crippen LogP) is 0.611. The Balaban J connectivity index is 2.79. The number of benzene rings is 1. The molecule has 2 nitrogen and oxygen atoms in total. The second kappa shape index (κ2) is 2.52. The molecule has 0 bridgehead atoms. The summed E-state index contributed by atoms with van der Waals surface area (Å²) in [4.78, 5) is 4.14. The maximum absolute atomic E-state index is 5.59. The molecule has 0 spiro atoms. The van der Waals surface area contributed by atoms with Gasteiger partial charge in [-0.15, -0.1) is 0 Å². The smallest absolute Gasteiger partial charge is 0.115 e. The van der Waals surface area contributed by atoms with Crippen molar-refractivity contribution in [1.82, 2.24) is 4.98 Å². The number of aromatic nitrogens is 1. The van der Waals surface area contributed by atoms with Crippen LogP contribution in [0.2, 0.25) is 0 Å². The molecule has 0 saturated heterocycles. The average molecular weight is 154 g/mol. The van der Waals surface area contributed by atoms with Gasteiger partial charge in [-0.25, -0.2) is 0 Å². The van der Waals surface area contributed by atoms with Gasteiger partial charge < -0.3 is 5.73 Å². The van der Waals surface area contributed by atoms with Crippen LogP contribution in [0, 0.1) is 0 Å². The summed E-state index contributed by atoms with van der Waals surface area (Å²) in [6.07, 6.45) is 1.63. The number of rotatable bonds is 0. The Kier molecular flexibility index (Phi) is 1.50. The largest absolute Gasteiger partial charge is 0.399 e. The third-order valence-electron chi connectivity index (χ3n) is 1.73. The minimum atomic E-state index is 0.673. The van der Waals surface area contributed by atoms with Crippen molar-refractivity contribution < 1.29 is 0 Å². The van der Waals surface area contributed by atoms with Gasteiger partial charge >= 0.3 is 0 Å². The van der Waals surface area contributed by atoms with Gasteiger partial charge in [-0.2, -0.15) is 0 Å². The van der Waals surface area contributed by atoms with Gasteiger partial charge in [0.05, 0.1) is 5.52 Å². The van der Waals surface area contributed by atoms with Crippen LogP contribution in [0.5, 0.6) is 0 Å². The third-order valence-corrected chi connectivity index (χ3v) is 1.73. The van der Waals surface area contributed by atoms with Crippen molar-refractivity contribution in [3.05, 3.63) is 30.5 Å². The Morgan fingerprint density at radius 3 is 2.92 bits per heavy atom. The van der Waals surface area contributed by atoms with Crippen LogP contribution in [0.15, 0.2) is 30.5 Å².